The fourth-order valence-corrected chi connectivity index (χ4v) is 5.82. The number of rotatable bonds is 7. The summed E-state index contributed by atoms with van der Waals surface area (Å²) in [6.07, 6.45) is 4.16. The van der Waals surface area contributed by atoms with Gasteiger partial charge >= 0.3 is 12.1 Å². The van der Waals surface area contributed by atoms with Crippen LogP contribution in [0.25, 0.3) is 11.1 Å². The van der Waals surface area contributed by atoms with E-state index in [4.69, 9.17) is 4.74 Å². The molecule has 2 aromatic rings. The Bertz CT molecular complexity index is 1070. The molecular formula is C27H30N2O5. The van der Waals surface area contributed by atoms with Crippen molar-refractivity contribution in [2.24, 2.45) is 0 Å². The minimum Gasteiger partial charge on any atom is -0.481 e. The number of hydrogen-bond acceptors (Lipinski definition) is 4. The van der Waals surface area contributed by atoms with E-state index >= 15 is 0 Å². The second-order valence-corrected chi connectivity index (χ2v) is 9.90. The number of ether oxygens (including phenoxy) is 1. The smallest absolute Gasteiger partial charge is 0.408 e. The molecule has 0 aromatic heterocycles. The second kappa shape index (κ2) is 8.78. The van der Waals surface area contributed by atoms with E-state index in [9.17, 15) is 19.5 Å². The van der Waals surface area contributed by atoms with Crippen molar-refractivity contribution in [2.45, 2.75) is 68.4 Å². The largest absolute Gasteiger partial charge is 0.481 e. The Hall–Kier alpha value is -3.35. The Balaban J connectivity index is 1.27. The molecule has 3 N–H and O–H groups in total. The monoisotopic (exact) mass is 462 g/mol. The Labute approximate surface area is 198 Å². The van der Waals surface area contributed by atoms with Gasteiger partial charge in [-0.05, 0) is 54.4 Å². The maximum Gasteiger partial charge on any atom is 0.408 e. The van der Waals surface area contributed by atoms with Crippen LogP contribution < -0.4 is 10.6 Å². The third-order valence-electron chi connectivity index (χ3n) is 7.76. The molecule has 2 amide bonds. The van der Waals surface area contributed by atoms with Crippen molar-refractivity contribution >= 4 is 18.0 Å². The lowest BCUT2D eigenvalue weighted by molar-refractivity contribution is -0.141. The van der Waals surface area contributed by atoms with Crippen LogP contribution in [0.5, 0.6) is 0 Å². The van der Waals surface area contributed by atoms with E-state index < -0.39 is 23.1 Å². The van der Waals surface area contributed by atoms with E-state index in [1.54, 1.807) is 0 Å². The Morgan fingerprint density at radius 1 is 0.853 bits per heavy atom. The first-order valence-electron chi connectivity index (χ1n) is 12.1. The van der Waals surface area contributed by atoms with E-state index in [0.29, 0.717) is 25.7 Å². The van der Waals surface area contributed by atoms with Crippen molar-refractivity contribution in [3.63, 3.8) is 0 Å². The number of aliphatic carboxylic acids is 1. The molecule has 178 valence electrons. The zero-order valence-corrected chi connectivity index (χ0v) is 19.1. The van der Waals surface area contributed by atoms with Crippen LogP contribution in [0.4, 0.5) is 4.79 Å². The topological polar surface area (TPSA) is 105 Å². The summed E-state index contributed by atoms with van der Waals surface area (Å²) in [6.45, 7) is 0.181. The van der Waals surface area contributed by atoms with E-state index in [1.807, 2.05) is 24.3 Å². The highest BCUT2D eigenvalue weighted by molar-refractivity contribution is 5.91. The van der Waals surface area contributed by atoms with Crippen molar-refractivity contribution in [1.29, 1.82) is 0 Å². The molecule has 5 rings (SSSR count). The first-order chi connectivity index (χ1) is 16.4. The minimum atomic E-state index is -1.05. The molecule has 34 heavy (non-hydrogen) atoms. The Morgan fingerprint density at radius 2 is 1.44 bits per heavy atom. The van der Waals surface area contributed by atoms with Gasteiger partial charge in [0.1, 0.15) is 12.1 Å². The lowest BCUT2D eigenvalue weighted by Gasteiger charge is -2.44. The van der Waals surface area contributed by atoms with E-state index in [2.05, 4.69) is 34.9 Å². The number of alkyl carbamates (subject to hydrolysis) is 1. The Kier molecular flexibility index (Phi) is 5.80. The molecule has 0 aliphatic heterocycles. The molecule has 3 aliphatic rings. The van der Waals surface area contributed by atoms with Gasteiger partial charge in [0.05, 0.1) is 12.0 Å². The van der Waals surface area contributed by atoms with Crippen LogP contribution in [0.3, 0.4) is 0 Å². The van der Waals surface area contributed by atoms with Crippen LogP contribution in [0.1, 0.15) is 68.4 Å². The van der Waals surface area contributed by atoms with Gasteiger partial charge in [0.25, 0.3) is 0 Å². The minimum absolute atomic E-state index is 0.0553. The highest BCUT2D eigenvalue weighted by Crippen LogP contribution is 2.44. The van der Waals surface area contributed by atoms with Gasteiger partial charge in [0, 0.05) is 5.92 Å². The number of carboxylic acids is 1. The number of fused-ring (bicyclic) bond motifs is 3. The molecule has 0 unspecified atom stereocenters. The molecule has 2 fully saturated rings. The zero-order valence-electron chi connectivity index (χ0n) is 19.1. The van der Waals surface area contributed by atoms with Crippen LogP contribution in [0, 0.1) is 0 Å². The first kappa shape index (κ1) is 22.4. The van der Waals surface area contributed by atoms with Crippen molar-refractivity contribution in [2.75, 3.05) is 6.61 Å². The highest BCUT2D eigenvalue weighted by Gasteiger charge is 2.48. The summed E-state index contributed by atoms with van der Waals surface area (Å²) in [5.41, 5.74) is 2.81. The van der Waals surface area contributed by atoms with Crippen LogP contribution in [0.15, 0.2) is 48.5 Å². The summed E-state index contributed by atoms with van der Waals surface area (Å²) in [7, 11) is 0. The lowest BCUT2D eigenvalue weighted by atomic mass is 9.73. The van der Waals surface area contributed by atoms with Gasteiger partial charge in [0.2, 0.25) is 5.91 Å². The average molecular weight is 463 g/mol. The van der Waals surface area contributed by atoms with Crippen LogP contribution in [-0.2, 0) is 14.3 Å². The van der Waals surface area contributed by atoms with Gasteiger partial charge in [-0.2, -0.15) is 0 Å². The average Bonchev–Trinajstić information content (AvgIpc) is 3.39. The number of amides is 2. The number of carboxylic acid groups (broad SMARTS) is 1. The Morgan fingerprint density at radius 3 is 1.97 bits per heavy atom. The fourth-order valence-electron chi connectivity index (χ4n) is 5.82. The van der Waals surface area contributed by atoms with E-state index in [1.165, 1.54) is 0 Å². The summed E-state index contributed by atoms with van der Waals surface area (Å²) in [5, 5.41) is 15.1. The SMILES string of the molecule is O=C(O)CC1(NC(=O)C2(NC(=O)OCC3c4ccccc4-c4ccccc43)CCCC2)CCC1. The van der Waals surface area contributed by atoms with Gasteiger partial charge < -0.3 is 20.5 Å². The quantitative estimate of drug-likeness (QED) is 0.567. The molecule has 2 saturated carbocycles. The predicted octanol–water partition coefficient (Wildman–Crippen LogP) is 4.35. The maximum atomic E-state index is 13.3. The van der Waals surface area contributed by atoms with Crippen molar-refractivity contribution in [3.05, 3.63) is 59.7 Å². The number of benzene rings is 2. The maximum absolute atomic E-state index is 13.3. The number of nitrogens with one attached hydrogen (secondary N) is 2. The number of carbonyl (C=O) groups is 3. The zero-order chi connectivity index (χ0) is 23.8. The third kappa shape index (κ3) is 4.04. The molecular weight excluding hydrogens is 432 g/mol. The van der Waals surface area contributed by atoms with Crippen LogP contribution >= 0.6 is 0 Å². The molecule has 0 atom stereocenters. The summed E-state index contributed by atoms with van der Waals surface area (Å²) >= 11 is 0. The van der Waals surface area contributed by atoms with Gasteiger partial charge in [0.15, 0.2) is 0 Å². The summed E-state index contributed by atoms with van der Waals surface area (Å²) in [4.78, 5) is 37.5. The summed E-state index contributed by atoms with van der Waals surface area (Å²) in [5.74, 6) is -1.27. The second-order valence-electron chi connectivity index (χ2n) is 9.90. The molecule has 7 nitrogen and oxygen atoms in total. The highest BCUT2D eigenvalue weighted by atomic mass is 16.5. The molecule has 0 bridgehead atoms. The molecule has 0 heterocycles. The van der Waals surface area contributed by atoms with Crippen LogP contribution in [-0.4, -0.2) is 40.8 Å². The van der Waals surface area contributed by atoms with E-state index in [0.717, 1.165) is 41.5 Å². The first-order valence-corrected chi connectivity index (χ1v) is 12.1. The summed E-state index contributed by atoms with van der Waals surface area (Å²) < 4.78 is 5.69. The predicted molar refractivity (Wildman–Crippen MR) is 126 cm³/mol. The molecule has 2 aromatic carbocycles. The normalized spacial score (nSPS) is 19.4. The standard InChI is InChI=1S/C27H30N2O5/c30-23(31)16-26(12-7-13-26)28-24(32)27(14-5-6-15-27)29-25(33)34-17-22-20-10-3-1-8-18(20)19-9-2-4-11-21(19)22/h1-4,8-11,22H,5-7,12-17H2,(H,28,32)(H,29,33)(H,30,31). The number of hydrogen-bond donors (Lipinski definition) is 3. The molecule has 7 heteroatoms. The number of carbonyl (C=O) groups excluding carboxylic acids is 2. The van der Waals surface area contributed by atoms with Crippen molar-refractivity contribution in [3.8, 4) is 11.1 Å². The third-order valence-corrected chi connectivity index (χ3v) is 7.76. The van der Waals surface area contributed by atoms with Gasteiger partial charge in [-0.15, -0.1) is 0 Å². The molecule has 3 aliphatic carbocycles. The van der Waals surface area contributed by atoms with Gasteiger partial charge in [-0.3, -0.25) is 9.59 Å². The lowest BCUT2D eigenvalue weighted by Crippen LogP contribution is -2.64. The van der Waals surface area contributed by atoms with Crippen molar-refractivity contribution in [1.82, 2.24) is 10.6 Å². The molecule has 0 radical (unpaired) electrons. The van der Waals surface area contributed by atoms with Gasteiger partial charge in [-0.25, -0.2) is 4.79 Å². The molecule has 0 saturated heterocycles. The van der Waals surface area contributed by atoms with E-state index in [-0.39, 0.29) is 24.9 Å². The van der Waals surface area contributed by atoms with Gasteiger partial charge in [-0.1, -0.05) is 61.4 Å². The van der Waals surface area contributed by atoms with Crippen LogP contribution in [0.2, 0.25) is 0 Å². The van der Waals surface area contributed by atoms with Crippen molar-refractivity contribution < 1.29 is 24.2 Å². The molecule has 0 spiro atoms. The summed E-state index contributed by atoms with van der Waals surface area (Å²) in [6, 6.07) is 16.3. The fraction of sp³-hybridized carbons (Fsp3) is 0.444.